The van der Waals surface area contributed by atoms with Gasteiger partial charge in [-0.25, -0.2) is 17.8 Å². The molecule has 3 fully saturated rings. The lowest BCUT2D eigenvalue weighted by Crippen LogP contribution is -2.52. The summed E-state index contributed by atoms with van der Waals surface area (Å²) < 4.78 is 47.7. The highest BCUT2D eigenvalue weighted by molar-refractivity contribution is 7.89. The van der Waals surface area contributed by atoms with Crippen LogP contribution in [0.3, 0.4) is 0 Å². The summed E-state index contributed by atoms with van der Waals surface area (Å²) in [5, 5.41) is 0. The predicted octanol–water partition coefficient (Wildman–Crippen LogP) is 3.54. The van der Waals surface area contributed by atoms with Gasteiger partial charge in [-0.15, -0.1) is 0 Å². The van der Waals surface area contributed by atoms with Crippen LogP contribution in [0.25, 0.3) is 0 Å². The Labute approximate surface area is 164 Å². The number of benzene rings is 1. The number of hydrogen-bond acceptors (Lipinski definition) is 4. The molecule has 0 radical (unpaired) electrons. The van der Waals surface area contributed by atoms with Gasteiger partial charge in [0.05, 0.1) is 17.7 Å². The van der Waals surface area contributed by atoms with Crippen molar-refractivity contribution in [2.45, 2.75) is 49.6 Å². The minimum atomic E-state index is -3.54. The van der Waals surface area contributed by atoms with E-state index in [9.17, 15) is 12.8 Å². The van der Waals surface area contributed by atoms with Crippen molar-refractivity contribution in [3.8, 4) is 5.88 Å². The summed E-state index contributed by atoms with van der Waals surface area (Å²) in [5.41, 5.74) is 0.784. The van der Waals surface area contributed by atoms with Crippen LogP contribution in [0, 0.1) is 24.1 Å². The summed E-state index contributed by atoms with van der Waals surface area (Å²) in [5.74, 6) is 0.311. The van der Waals surface area contributed by atoms with Gasteiger partial charge in [0, 0.05) is 23.6 Å². The highest BCUT2D eigenvalue weighted by Crippen LogP contribution is 2.65. The molecule has 2 aliphatic heterocycles. The van der Waals surface area contributed by atoms with Crippen molar-refractivity contribution in [2.24, 2.45) is 11.3 Å². The Kier molecular flexibility index (Phi) is 4.04. The van der Waals surface area contributed by atoms with Crippen LogP contribution in [0.1, 0.15) is 31.2 Å². The van der Waals surface area contributed by atoms with E-state index in [0.29, 0.717) is 23.3 Å². The monoisotopic (exact) mass is 402 g/mol. The van der Waals surface area contributed by atoms with Gasteiger partial charge in [0.1, 0.15) is 5.82 Å². The van der Waals surface area contributed by atoms with E-state index in [1.165, 1.54) is 12.1 Å². The Hall–Kier alpha value is -1.99. The first-order chi connectivity index (χ1) is 13.4. The van der Waals surface area contributed by atoms with E-state index in [-0.39, 0.29) is 17.5 Å². The fourth-order valence-corrected chi connectivity index (χ4v) is 7.67. The molecule has 2 saturated heterocycles. The number of aromatic nitrogens is 1. The molecule has 1 aromatic heterocycles. The molecule has 2 bridgehead atoms. The van der Waals surface area contributed by atoms with Crippen LogP contribution in [-0.2, 0) is 10.0 Å². The van der Waals surface area contributed by atoms with Crippen molar-refractivity contribution in [3.05, 3.63) is 54.0 Å². The van der Waals surface area contributed by atoms with Gasteiger partial charge in [-0.05, 0) is 62.3 Å². The molecule has 4 atom stereocenters. The molecule has 4 unspecified atom stereocenters. The molecule has 1 aromatic carbocycles. The van der Waals surface area contributed by atoms with Crippen molar-refractivity contribution in [1.82, 2.24) is 9.29 Å². The summed E-state index contributed by atoms with van der Waals surface area (Å²) in [6.07, 6.45) is 4.91. The molecule has 1 saturated carbocycles. The van der Waals surface area contributed by atoms with Gasteiger partial charge in [-0.1, -0.05) is 12.1 Å². The fraction of sp³-hybridized carbons (Fsp3) is 0.476. The molecular weight excluding hydrogens is 379 g/mol. The molecule has 3 aliphatic rings. The van der Waals surface area contributed by atoms with Gasteiger partial charge in [0.2, 0.25) is 15.9 Å². The van der Waals surface area contributed by atoms with Crippen LogP contribution < -0.4 is 4.74 Å². The predicted molar refractivity (Wildman–Crippen MR) is 102 cm³/mol. The van der Waals surface area contributed by atoms with Crippen LogP contribution in [0.5, 0.6) is 5.88 Å². The number of halogens is 1. The smallest absolute Gasteiger partial charge is 0.243 e. The summed E-state index contributed by atoms with van der Waals surface area (Å²) in [7, 11) is -3.54. The van der Waals surface area contributed by atoms with Gasteiger partial charge < -0.3 is 4.74 Å². The molecule has 3 heterocycles. The Bertz CT molecular complexity index is 1010. The molecule has 7 heteroatoms. The highest BCUT2D eigenvalue weighted by Gasteiger charge is 2.69. The summed E-state index contributed by atoms with van der Waals surface area (Å²) in [4.78, 5) is 4.35. The van der Waals surface area contributed by atoms with E-state index in [4.69, 9.17) is 4.74 Å². The molecule has 0 spiro atoms. The number of aryl methyl sites for hydroxylation is 1. The molecule has 2 aromatic rings. The average Bonchev–Trinajstić information content (AvgIpc) is 3.14. The van der Waals surface area contributed by atoms with E-state index in [0.717, 1.165) is 37.4 Å². The van der Waals surface area contributed by atoms with Crippen molar-refractivity contribution < 1.29 is 17.5 Å². The maximum atomic E-state index is 13.5. The normalized spacial score (nSPS) is 31.4. The standard InChI is InChI=1S/C21H23FN2O3S/c1-14-3-2-4-16(11-14)28(25,26)24-18-6-7-19(24)21(10-9-17(18)21)13-27-20-8-5-15(22)12-23-20/h2-5,8,11-12,17-19H,6-7,9-10,13H2,1H3. The Morgan fingerprint density at radius 3 is 2.79 bits per heavy atom. The minimum absolute atomic E-state index is 0.0396. The lowest BCUT2D eigenvalue weighted by molar-refractivity contribution is -0.0292. The van der Waals surface area contributed by atoms with E-state index in [1.807, 2.05) is 13.0 Å². The molecule has 5 nitrogen and oxygen atoms in total. The van der Waals surface area contributed by atoms with Crippen LogP contribution >= 0.6 is 0 Å². The van der Waals surface area contributed by atoms with Gasteiger partial charge in [0.25, 0.3) is 0 Å². The number of rotatable bonds is 5. The molecule has 28 heavy (non-hydrogen) atoms. The Morgan fingerprint density at radius 2 is 2.11 bits per heavy atom. The van der Waals surface area contributed by atoms with Crippen molar-refractivity contribution in [3.63, 3.8) is 0 Å². The van der Waals surface area contributed by atoms with E-state index in [2.05, 4.69) is 4.98 Å². The SMILES string of the molecule is Cc1cccc(S(=O)(=O)N2C3CCC2C2(COc4ccc(F)cn4)CCC32)c1. The van der Waals surface area contributed by atoms with E-state index in [1.54, 1.807) is 22.5 Å². The largest absolute Gasteiger partial charge is 0.477 e. The second-order valence-electron chi connectivity index (χ2n) is 8.29. The van der Waals surface area contributed by atoms with Gasteiger partial charge in [-0.3, -0.25) is 0 Å². The highest BCUT2D eigenvalue weighted by atomic mass is 32.2. The molecule has 148 valence electrons. The second kappa shape index (κ2) is 6.26. The third-order valence-corrected chi connectivity index (χ3v) is 8.84. The first-order valence-electron chi connectivity index (χ1n) is 9.76. The van der Waals surface area contributed by atoms with E-state index < -0.39 is 15.8 Å². The summed E-state index contributed by atoms with van der Waals surface area (Å²) in [6, 6.07) is 10.0. The third-order valence-electron chi connectivity index (χ3n) is 6.91. The maximum Gasteiger partial charge on any atom is 0.243 e. The minimum Gasteiger partial charge on any atom is -0.477 e. The number of ether oxygens (including phenoxy) is 1. The number of sulfonamides is 1. The van der Waals surface area contributed by atoms with Crippen molar-refractivity contribution in [1.29, 1.82) is 0 Å². The summed E-state index contributed by atoms with van der Waals surface area (Å²) in [6.45, 7) is 2.34. The Balaban J connectivity index is 1.43. The molecular formula is C21H23FN2O3S. The Morgan fingerprint density at radius 1 is 1.25 bits per heavy atom. The third kappa shape index (κ3) is 2.52. The van der Waals surface area contributed by atoms with Gasteiger partial charge in [-0.2, -0.15) is 4.31 Å². The maximum absolute atomic E-state index is 13.5. The number of nitrogens with zero attached hydrogens (tertiary/aromatic N) is 2. The molecule has 0 amide bonds. The fourth-order valence-electron chi connectivity index (χ4n) is 5.58. The van der Waals surface area contributed by atoms with Crippen LogP contribution in [-0.4, -0.2) is 36.4 Å². The molecule has 5 rings (SSSR count). The number of pyridine rings is 1. The van der Waals surface area contributed by atoms with Crippen LogP contribution in [0.2, 0.25) is 0 Å². The van der Waals surface area contributed by atoms with Gasteiger partial charge in [0.15, 0.2) is 0 Å². The zero-order chi connectivity index (χ0) is 19.5. The first kappa shape index (κ1) is 18.1. The second-order valence-corrected chi connectivity index (χ2v) is 10.1. The van der Waals surface area contributed by atoms with Crippen molar-refractivity contribution >= 4 is 10.0 Å². The number of fused-ring (bicyclic) bond motifs is 5. The zero-order valence-electron chi connectivity index (χ0n) is 15.7. The lowest BCUT2D eigenvalue weighted by Gasteiger charge is -2.50. The topological polar surface area (TPSA) is 59.5 Å². The summed E-state index contributed by atoms with van der Waals surface area (Å²) >= 11 is 0. The number of hydrogen-bond donors (Lipinski definition) is 0. The zero-order valence-corrected chi connectivity index (χ0v) is 16.5. The molecule has 1 aliphatic carbocycles. The lowest BCUT2D eigenvalue weighted by atomic mass is 9.54. The first-order valence-corrected chi connectivity index (χ1v) is 11.2. The van der Waals surface area contributed by atoms with E-state index >= 15 is 0 Å². The van der Waals surface area contributed by atoms with Crippen LogP contribution in [0.4, 0.5) is 4.39 Å². The van der Waals surface area contributed by atoms with Crippen molar-refractivity contribution in [2.75, 3.05) is 6.61 Å². The average molecular weight is 402 g/mol. The molecule has 0 N–H and O–H groups in total. The quantitative estimate of drug-likeness (QED) is 0.768. The van der Waals surface area contributed by atoms with Crippen LogP contribution in [0.15, 0.2) is 47.5 Å². The van der Waals surface area contributed by atoms with Gasteiger partial charge >= 0.3 is 0 Å².